The molecule has 0 saturated heterocycles. The number of hydrogen-bond acceptors (Lipinski definition) is 5. The van der Waals surface area contributed by atoms with Crippen molar-refractivity contribution in [2.75, 3.05) is 0 Å². The minimum Gasteiger partial charge on any atom is -0.480 e. The second-order valence-corrected chi connectivity index (χ2v) is 13.8. The van der Waals surface area contributed by atoms with Gasteiger partial charge in [0, 0.05) is 9.79 Å². The fraction of sp³-hybridized carbons (Fsp3) is 0.0667. The zero-order valence-electron chi connectivity index (χ0n) is 21.0. The molecule has 0 aliphatic rings. The van der Waals surface area contributed by atoms with Crippen molar-refractivity contribution in [2.45, 2.75) is 21.1 Å². The standard InChI is InChI=1S/C30H26N2O6S2/c31-30(38)40(22-16-8-3-9-17-22,26(29(36)37)21-14-6-2-7-15-21)39-24-19-11-10-18-23(24)27(33)32-25(28(34)35)20-12-4-1-5-13-20/h1-19,25-26H,(H2,31,38)(H,32,33)(H,34,35)(H,36,37). The van der Waals surface area contributed by atoms with E-state index in [-0.39, 0.29) is 10.5 Å². The maximum absolute atomic E-state index is 13.5. The summed E-state index contributed by atoms with van der Waals surface area (Å²) in [6.07, 6.45) is 0. The maximum Gasteiger partial charge on any atom is 0.330 e. The molecule has 8 nitrogen and oxygen atoms in total. The van der Waals surface area contributed by atoms with Crippen molar-refractivity contribution in [3.05, 3.63) is 132 Å². The average molecular weight is 575 g/mol. The lowest BCUT2D eigenvalue weighted by atomic mass is 10.1. The van der Waals surface area contributed by atoms with E-state index in [4.69, 9.17) is 5.73 Å². The summed E-state index contributed by atoms with van der Waals surface area (Å²) in [5, 5.41) is 20.7. The minimum atomic E-state index is -3.13. The van der Waals surface area contributed by atoms with Crippen molar-refractivity contribution in [1.29, 1.82) is 0 Å². The van der Waals surface area contributed by atoms with Crippen LogP contribution in [0.5, 0.6) is 0 Å². The van der Waals surface area contributed by atoms with Crippen molar-refractivity contribution in [2.24, 2.45) is 5.73 Å². The first-order valence-electron chi connectivity index (χ1n) is 12.1. The largest absolute Gasteiger partial charge is 0.480 e. The van der Waals surface area contributed by atoms with Crippen LogP contribution in [0.4, 0.5) is 4.79 Å². The number of nitrogens with two attached hydrogens (primary N) is 1. The maximum atomic E-state index is 13.5. The summed E-state index contributed by atoms with van der Waals surface area (Å²) in [7, 11) is -2.20. The highest BCUT2D eigenvalue weighted by Gasteiger charge is 2.47. The molecule has 2 amide bonds. The monoisotopic (exact) mass is 574 g/mol. The molecule has 3 atom stereocenters. The zero-order chi connectivity index (χ0) is 28.7. The average Bonchev–Trinajstić information content (AvgIpc) is 2.96. The van der Waals surface area contributed by atoms with Crippen molar-refractivity contribution >= 4 is 42.9 Å². The van der Waals surface area contributed by atoms with E-state index in [1.54, 1.807) is 109 Å². The first kappa shape index (κ1) is 28.5. The third kappa shape index (κ3) is 5.88. The molecule has 0 heterocycles. The second-order valence-electron chi connectivity index (χ2n) is 8.60. The third-order valence-corrected chi connectivity index (χ3v) is 12.5. The number of benzene rings is 4. The molecule has 0 aromatic heterocycles. The molecule has 4 aromatic carbocycles. The summed E-state index contributed by atoms with van der Waals surface area (Å²) in [4.78, 5) is 52.6. The van der Waals surface area contributed by atoms with Gasteiger partial charge in [0.2, 0.25) is 0 Å². The molecule has 0 aliphatic carbocycles. The Morgan fingerprint density at radius 1 is 0.675 bits per heavy atom. The zero-order valence-corrected chi connectivity index (χ0v) is 22.7. The van der Waals surface area contributed by atoms with Gasteiger partial charge in [-0.2, -0.15) is 0 Å². The molecule has 0 bridgehead atoms. The van der Waals surface area contributed by atoms with Gasteiger partial charge < -0.3 is 21.3 Å². The lowest BCUT2D eigenvalue weighted by Crippen LogP contribution is -2.34. The van der Waals surface area contributed by atoms with Crippen molar-refractivity contribution < 1.29 is 29.4 Å². The van der Waals surface area contributed by atoms with Crippen LogP contribution in [-0.4, -0.2) is 33.3 Å². The first-order chi connectivity index (χ1) is 19.3. The molecule has 40 heavy (non-hydrogen) atoms. The number of nitrogens with one attached hydrogen (secondary N) is 1. The Kier molecular flexibility index (Phi) is 8.93. The van der Waals surface area contributed by atoms with Gasteiger partial charge in [-0.05, 0) is 35.4 Å². The van der Waals surface area contributed by atoms with Crippen molar-refractivity contribution in [3.63, 3.8) is 0 Å². The summed E-state index contributed by atoms with van der Waals surface area (Å²) in [5.41, 5.74) is 6.94. The number of amides is 2. The molecule has 204 valence electrons. The highest BCUT2D eigenvalue weighted by Crippen LogP contribution is 2.76. The van der Waals surface area contributed by atoms with Gasteiger partial charge in [-0.3, -0.25) is 14.4 Å². The second kappa shape index (κ2) is 12.5. The quantitative estimate of drug-likeness (QED) is 0.169. The Hall–Kier alpha value is -4.54. The van der Waals surface area contributed by atoms with Crippen LogP contribution < -0.4 is 11.1 Å². The third-order valence-electron chi connectivity index (χ3n) is 6.06. The number of carboxylic acid groups (broad SMARTS) is 2. The fourth-order valence-corrected chi connectivity index (χ4v) is 10.3. The Labute approximate surface area is 235 Å². The molecule has 4 rings (SSSR count). The van der Waals surface area contributed by atoms with E-state index in [9.17, 15) is 29.4 Å². The van der Waals surface area contributed by atoms with Crippen LogP contribution in [0.25, 0.3) is 0 Å². The summed E-state index contributed by atoms with van der Waals surface area (Å²) in [6, 6.07) is 30.1. The Morgan fingerprint density at radius 3 is 1.70 bits per heavy atom. The van der Waals surface area contributed by atoms with Crippen LogP contribution in [0.15, 0.2) is 125 Å². The van der Waals surface area contributed by atoms with E-state index in [0.29, 0.717) is 16.0 Å². The van der Waals surface area contributed by atoms with Crippen LogP contribution in [0.3, 0.4) is 0 Å². The van der Waals surface area contributed by atoms with Gasteiger partial charge in [0.15, 0.2) is 6.04 Å². The van der Waals surface area contributed by atoms with Gasteiger partial charge in [0.05, 0.1) is 5.56 Å². The topological polar surface area (TPSA) is 147 Å². The van der Waals surface area contributed by atoms with E-state index in [2.05, 4.69) is 5.32 Å². The molecule has 0 saturated carbocycles. The molecule has 4 aromatic rings. The van der Waals surface area contributed by atoms with E-state index in [1.807, 2.05) is 0 Å². The molecular weight excluding hydrogens is 548 g/mol. The van der Waals surface area contributed by atoms with Crippen LogP contribution in [0.2, 0.25) is 0 Å². The van der Waals surface area contributed by atoms with E-state index in [1.165, 1.54) is 6.07 Å². The molecule has 0 radical (unpaired) electrons. The number of carbonyl (C=O) groups is 4. The Balaban J connectivity index is 1.84. The lowest BCUT2D eigenvalue weighted by molar-refractivity contribution is -0.139. The van der Waals surface area contributed by atoms with Crippen LogP contribution >= 0.6 is 19.9 Å². The number of carboxylic acids is 2. The van der Waals surface area contributed by atoms with E-state index < -0.39 is 43.4 Å². The smallest absolute Gasteiger partial charge is 0.330 e. The number of hydrogen-bond donors (Lipinski definition) is 4. The number of carbonyl (C=O) groups excluding carboxylic acids is 2. The normalized spacial score (nSPS) is 14.6. The van der Waals surface area contributed by atoms with Crippen molar-refractivity contribution in [1.82, 2.24) is 5.32 Å². The SMILES string of the molecule is NC(=O)S(Sc1ccccc1C(=O)NC(C(=O)O)c1ccccc1)(c1ccccc1)C(C(=O)O)c1ccccc1. The summed E-state index contributed by atoms with van der Waals surface area (Å²) in [5.74, 6) is -3.19. The van der Waals surface area contributed by atoms with Gasteiger partial charge in [0.25, 0.3) is 11.1 Å². The van der Waals surface area contributed by atoms with Gasteiger partial charge in [-0.15, -0.1) is 0 Å². The molecule has 0 aliphatic heterocycles. The molecular formula is C30H26N2O6S2. The predicted octanol–water partition coefficient (Wildman–Crippen LogP) is 6.02. The first-order valence-corrected chi connectivity index (χ1v) is 15.1. The minimum absolute atomic E-state index is 0.0842. The lowest BCUT2D eigenvalue weighted by Gasteiger charge is -2.41. The number of rotatable bonds is 10. The molecule has 5 N–H and O–H groups in total. The van der Waals surface area contributed by atoms with Gasteiger partial charge in [-0.1, -0.05) is 111 Å². The Bertz CT molecular complexity index is 1520. The molecule has 3 unspecified atom stereocenters. The molecule has 10 heteroatoms. The fourth-order valence-electron chi connectivity index (χ4n) is 4.24. The summed E-state index contributed by atoms with van der Waals surface area (Å²) >= 11 is 0. The van der Waals surface area contributed by atoms with Gasteiger partial charge >= 0.3 is 11.9 Å². The van der Waals surface area contributed by atoms with Crippen LogP contribution in [0, 0.1) is 0 Å². The Morgan fingerprint density at radius 2 is 1.18 bits per heavy atom. The summed E-state index contributed by atoms with van der Waals surface area (Å²) < 4.78 is 0. The highest BCUT2D eigenvalue weighted by molar-refractivity contribution is 9.00. The van der Waals surface area contributed by atoms with Gasteiger partial charge in [-0.25, -0.2) is 4.79 Å². The summed E-state index contributed by atoms with van der Waals surface area (Å²) in [6.45, 7) is 0. The van der Waals surface area contributed by atoms with E-state index >= 15 is 0 Å². The van der Waals surface area contributed by atoms with Crippen LogP contribution in [0.1, 0.15) is 32.8 Å². The van der Waals surface area contributed by atoms with Crippen molar-refractivity contribution in [3.8, 4) is 0 Å². The predicted molar refractivity (Wildman–Crippen MR) is 155 cm³/mol. The molecule has 0 fully saturated rings. The number of aliphatic carboxylic acids is 2. The van der Waals surface area contributed by atoms with Crippen LogP contribution in [-0.2, 0) is 9.59 Å². The molecule has 0 spiro atoms. The van der Waals surface area contributed by atoms with Gasteiger partial charge in [0.1, 0.15) is 5.25 Å². The van der Waals surface area contributed by atoms with E-state index in [0.717, 1.165) is 10.8 Å². The number of primary amides is 1. The highest BCUT2D eigenvalue weighted by atomic mass is 33.2.